The molecule has 1 N–H and O–H groups in total. The third-order valence-corrected chi connectivity index (χ3v) is 3.13. The summed E-state index contributed by atoms with van der Waals surface area (Å²) in [5.74, 6) is 0. The topological polar surface area (TPSA) is 24.9 Å². The van der Waals surface area contributed by atoms with E-state index in [9.17, 15) is 0 Å². The third kappa shape index (κ3) is 1.17. The van der Waals surface area contributed by atoms with Crippen LogP contribution in [0.3, 0.4) is 0 Å². The van der Waals surface area contributed by atoms with Crippen molar-refractivity contribution in [3.63, 3.8) is 0 Å². The highest BCUT2D eigenvalue weighted by Gasteiger charge is 2.22. The molecule has 0 radical (unpaired) electrons. The first-order valence-corrected chi connectivity index (χ1v) is 4.91. The fourth-order valence-electron chi connectivity index (χ4n) is 1.78. The van der Waals surface area contributed by atoms with Crippen LogP contribution in [0, 0.1) is 0 Å². The minimum Gasteiger partial charge on any atom is -0.313 e. The van der Waals surface area contributed by atoms with E-state index in [2.05, 4.69) is 26.2 Å². The van der Waals surface area contributed by atoms with Crippen molar-refractivity contribution < 1.29 is 0 Å². The largest absolute Gasteiger partial charge is 0.313 e. The monoisotopic (exact) mass is 226 g/mol. The summed E-state index contributed by atoms with van der Waals surface area (Å²) in [6, 6.07) is 0.505. The lowest BCUT2D eigenvalue weighted by Gasteiger charge is -2.08. The van der Waals surface area contributed by atoms with Crippen molar-refractivity contribution in [1.82, 2.24) is 10.3 Å². The van der Waals surface area contributed by atoms with E-state index in [1.54, 1.807) is 0 Å². The van der Waals surface area contributed by atoms with E-state index in [0.29, 0.717) is 6.04 Å². The maximum absolute atomic E-state index is 4.17. The van der Waals surface area contributed by atoms with Gasteiger partial charge in [0.2, 0.25) is 0 Å². The molecular formula is C9H11BrN2. The number of hydrogen-bond donors (Lipinski definition) is 1. The van der Waals surface area contributed by atoms with Crippen molar-refractivity contribution >= 4 is 15.9 Å². The lowest BCUT2D eigenvalue weighted by Crippen LogP contribution is -2.12. The van der Waals surface area contributed by atoms with Crippen molar-refractivity contribution in [1.29, 1.82) is 0 Å². The summed E-state index contributed by atoms with van der Waals surface area (Å²) in [5.41, 5.74) is 2.77. The van der Waals surface area contributed by atoms with E-state index < -0.39 is 0 Å². The van der Waals surface area contributed by atoms with E-state index >= 15 is 0 Å². The number of fused-ring (bicyclic) bond motifs is 1. The zero-order chi connectivity index (χ0) is 8.55. The van der Waals surface area contributed by atoms with Crippen molar-refractivity contribution in [3.8, 4) is 0 Å². The first-order valence-electron chi connectivity index (χ1n) is 4.12. The normalized spacial score (nSPS) is 21.0. The lowest BCUT2D eigenvalue weighted by atomic mass is 10.1. The Labute approximate surface area is 80.5 Å². The highest BCUT2D eigenvalue weighted by Crippen LogP contribution is 2.34. The van der Waals surface area contributed by atoms with Gasteiger partial charge in [-0.2, -0.15) is 0 Å². The molecule has 1 aromatic heterocycles. The standard InChI is InChI=1S/C9H11BrN2/c1-11-9-3-2-6-7(9)4-12-5-8(6)10/h4-5,9,11H,2-3H2,1H3. The predicted octanol–water partition coefficient (Wildman–Crippen LogP) is 2.05. The number of halogens is 1. The molecule has 64 valence electrons. The van der Waals surface area contributed by atoms with E-state index in [0.717, 1.165) is 10.9 Å². The Morgan fingerprint density at radius 2 is 2.42 bits per heavy atom. The summed E-state index contributed by atoms with van der Waals surface area (Å²) in [6.45, 7) is 0. The number of pyridine rings is 1. The van der Waals surface area contributed by atoms with E-state index in [1.807, 2.05) is 19.4 Å². The fourth-order valence-corrected chi connectivity index (χ4v) is 2.33. The molecule has 1 aromatic rings. The molecule has 2 rings (SSSR count). The van der Waals surface area contributed by atoms with Gasteiger partial charge in [-0.1, -0.05) is 0 Å². The Hall–Kier alpha value is -0.410. The maximum atomic E-state index is 4.17. The van der Waals surface area contributed by atoms with Crippen LogP contribution in [0.25, 0.3) is 0 Å². The predicted molar refractivity (Wildman–Crippen MR) is 52.1 cm³/mol. The smallest absolute Gasteiger partial charge is 0.0413 e. The van der Waals surface area contributed by atoms with Gasteiger partial charge in [-0.25, -0.2) is 0 Å². The molecule has 0 amide bonds. The SMILES string of the molecule is CNC1CCc2c(Br)cncc21. The Morgan fingerprint density at radius 3 is 3.17 bits per heavy atom. The summed E-state index contributed by atoms with van der Waals surface area (Å²) in [4.78, 5) is 4.17. The zero-order valence-electron chi connectivity index (χ0n) is 6.97. The van der Waals surface area contributed by atoms with Gasteiger partial charge in [0.1, 0.15) is 0 Å². The van der Waals surface area contributed by atoms with Gasteiger partial charge < -0.3 is 5.32 Å². The van der Waals surface area contributed by atoms with Gasteiger partial charge in [0, 0.05) is 22.9 Å². The molecule has 0 aliphatic heterocycles. The number of nitrogens with zero attached hydrogens (tertiary/aromatic N) is 1. The van der Waals surface area contributed by atoms with Gasteiger partial charge in [0.15, 0.2) is 0 Å². The van der Waals surface area contributed by atoms with Crippen LogP contribution in [-0.4, -0.2) is 12.0 Å². The Bertz CT molecular complexity index is 299. The van der Waals surface area contributed by atoms with Crippen molar-refractivity contribution in [3.05, 3.63) is 28.0 Å². The minimum atomic E-state index is 0.505. The van der Waals surface area contributed by atoms with Gasteiger partial charge in [-0.3, -0.25) is 4.98 Å². The number of hydrogen-bond acceptors (Lipinski definition) is 2. The van der Waals surface area contributed by atoms with Gasteiger partial charge in [0.25, 0.3) is 0 Å². The molecular weight excluding hydrogens is 216 g/mol. The number of rotatable bonds is 1. The van der Waals surface area contributed by atoms with Crippen LogP contribution in [0.15, 0.2) is 16.9 Å². The molecule has 0 aromatic carbocycles. The van der Waals surface area contributed by atoms with Crippen LogP contribution in [0.4, 0.5) is 0 Å². The highest BCUT2D eigenvalue weighted by atomic mass is 79.9. The van der Waals surface area contributed by atoms with Crippen LogP contribution in [-0.2, 0) is 6.42 Å². The molecule has 0 saturated carbocycles. The molecule has 2 nitrogen and oxygen atoms in total. The summed E-state index contributed by atoms with van der Waals surface area (Å²) >= 11 is 3.51. The molecule has 3 heteroatoms. The highest BCUT2D eigenvalue weighted by molar-refractivity contribution is 9.10. The summed E-state index contributed by atoms with van der Waals surface area (Å²) in [5, 5.41) is 3.29. The van der Waals surface area contributed by atoms with E-state index in [1.165, 1.54) is 17.5 Å². The average molecular weight is 227 g/mol. The quantitative estimate of drug-likeness (QED) is 0.794. The van der Waals surface area contributed by atoms with E-state index in [-0.39, 0.29) is 0 Å². The summed E-state index contributed by atoms with van der Waals surface area (Å²) in [7, 11) is 2.00. The van der Waals surface area contributed by atoms with Gasteiger partial charge in [-0.15, -0.1) is 0 Å². The van der Waals surface area contributed by atoms with Crippen LogP contribution in [0.5, 0.6) is 0 Å². The van der Waals surface area contributed by atoms with Crippen LogP contribution in [0.2, 0.25) is 0 Å². The second-order valence-electron chi connectivity index (χ2n) is 3.07. The zero-order valence-corrected chi connectivity index (χ0v) is 8.56. The Morgan fingerprint density at radius 1 is 1.58 bits per heavy atom. The second kappa shape index (κ2) is 3.15. The molecule has 1 heterocycles. The average Bonchev–Trinajstić information content (AvgIpc) is 2.49. The molecule has 1 atom stereocenters. The van der Waals surface area contributed by atoms with Crippen molar-refractivity contribution in [2.45, 2.75) is 18.9 Å². The number of aromatic nitrogens is 1. The summed E-state index contributed by atoms with van der Waals surface area (Å²) in [6.07, 6.45) is 6.19. The van der Waals surface area contributed by atoms with Gasteiger partial charge >= 0.3 is 0 Å². The maximum Gasteiger partial charge on any atom is 0.0413 e. The first kappa shape index (κ1) is 8.20. The first-order chi connectivity index (χ1) is 5.83. The van der Waals surface area contributed by atoms with Gasteiger partial charge in [0.05, 0.1) is 0 Å². The Balaban J connectivity index is 2.46. The van der Waals surface area contributed by atoms with Gasteiger partial charge in [-0.05, 0) is 46.9 Å². The molecule has 0 spiro atoms. The molecule has 0 fully saturated rings. The fraction of sp³-hybridized carbons (Fsp3) is 0.444. The van der Waals surface area contributed by atoms with Crippen LogP contribution in [0.1, 0.15) is 23.6 Å². The van der Waals surface area contributed by atoms with Crippen molar-refractivity contribution in [2.75, 3.05) is 7.05 Å². The van der Waals surface area contributed by atoms with Crippen LogP contribution < -0.4 is 5.32 Å². The molecule has 0 saturated heterocycles. The number of nitrogens with one attached hydrogen (secondary N) is 1. The van der Waals surface area contributed by atoms with E-state index in [4.69, 9.17) is 0 Å². The molecule has 0 bridgehead atoms. The lowest BCUT2D eigenvalue weighted by molar-refractivity contribution is 0.589. The summed E-state index contributed by atoms with van der Waals surface area (Å²) < 4.78 is 1.15. The molecule has 1 aliphatic rings. The molecule has 1 aliphatic carbocycles. The molecule has 12 heavy (non-hydrogen) atoms. The second-order valence-corrected chi connectivity index (χ2v) is 3.92. The minimum absolute atomic E-state index is 0.505. The van der Waals surface area contributed by atoms with Crippen LogP contribution >= 0.6 is 15.9 Å². The Kier molecular flexibility index (Phi) is 2.15. The third-order valence-electron chi connectivity index (χ3n) is 2.45. The molecule has 1 unspecified atom stereocenters. The van der Waals surface area contributed by atoms with Crippen molar-refractivity contribution in [2.24, 2.45) is 0 Å².